The van der Waals surface area contributed by atoms with Gasteiger partial charge in [-0.2, -0.15) is 0 Å². The summed E-state index contributed by atoms with van der Waals surface area (Å²) in [5, 5.41) is 19.7. The smallest absolute Gasteiger partial charge is 0.404 e. The zero-order valence-electron chi connectivity index (χ0n) is 39.2. The number of nitrogens with two attached hydrogens (primary N) is 1. The maximum atomic E-state index is 14.7. The summed E-state index contributed by atoms with van der Waals surface area (Å²) >= 11 is 3.47. The van der Waals surface area contributed by atoms with Crippen molar-refractivity contribution in [1.29, 1.82) is 0 Å². The third-order valence-electron chi connectivity index (χ3n) is 11.9. The van der Waals surface area contributed by atoms with E-state index in [2.05, 4.69) is 26.0 Å². The highest BCUT2D eigenvalue weighted by Crippen LogP contribution is 2.43. The molecule has 0 saturated carbocycles. The van der Waals surface area contributed by atoms with E-state index in [0.29, 0.717) is 21.8 Å². The number of carbonyl (C=O) groups is 4. The van der Waals surface area contributed by atoms with Crippen molar-refractivity contribution < 1.29 is 33.5 Å². The van der Waals surface area contributed by atoms with Gasteiger partial charge in [-0.25, -0.2) is 19.7 Å². The lowest BCUT2D eigenvalue weighted by atomic mass is 9.77. The Balaban J connectivity index is 1.000. The highest BCUT2D eigenvalue weighted by atomic mass is 32.2. The first-order valence-electron chi connectivity index (χ1n) is 22.8. The van der Waals surface area contributed by atoms with Crippen LogP contribution in [-0.4, -0.2) is 85.1 Å². The van der Waals surface area contributed by atoms with Gasteiger partial charge in [0.2, 0.25) is 0 Å². The van der Waals surface area contributed by atoms with Gasteiger partial charge in [-0.3, -0.25) is 28.6 Å². The number of amides is 3. The summed E-state index contributed by atoms with van der Waals surface area (Å²) in [6, 6.07) is 47.1. The molecule has 1 fully saturated rings. The van der Waals surface area contributed by atoms with Gasteiger partial charge in [-0.1, -0.05) is 169 Å². The number of β-lactam (4-membered cyclic amide) rings is 1. The average Bonchev–Trinajstić information content (AvgIpc) is 3.91. The molecule has 2 aromatic heterocycles. The summed E-state index contributed by atoms with van der Waals surface area (Å²) in [5.41, 5.74) is 6.73. The van der Waals surface area contributed by atoms with Gasteiger partial charge >= 0.3 is 23.2 Å². The minimum atomic E-state index is -1.11. The van der Waals surface area contributed by atoms with Crippen LogP contribution in [0.3, 0.4) is 0 Å². The maximum absolute atomic E-state index is 14.7. The molecular formula is C53H45N9O9S3. The van der Waals surface area contributed by atoms with E-state index < -0.39 is 58.1 Å². The second-order valence-corrected chi connectivity index (χ2v) is 19.2. The van der Waals surface area contributed by atoms with Crippen molar-refractivity contribution in [2.45, 2.75) is 34.8 Å². The zero-order chi connectivity index (χ0) is 51.6. The number of nitrogens with zero attached hydrogens (tertiary/aromatic N) is 5. The quantitative estimate of drug-likeness (QED) is 0.0128. The monoisotopic (exact) mass is 1050 g/mol. The molecule has 2 atom stereocenters. The molecule has 1 saturated heterocycles. The molecule has 5 N–H and O–H groups in total. The van der Waals surface area contributed by atoms with Crippen molar-refractivity contribution in [2.24, 2.45) is 10.9 Å². The molecule has 5 aromatic carbocycles. The molecule has 9 rings (SSSR count). The number of H-pyrrole nitrogens is 1. The third-order valence-corrected chi connectivity index (χ3v) is 14.7. The minimum absolute atomic E-state index is 0.0282. The maximum Gasteiger partial charge on any atom is 0.404 e. The molecule has 2 aliphatic rings. The number of ether oxygens (including phenoxy) is 2. The summed E-state index contributed by atoms with van der Waals surface area (Å²) in [7, 11) is 1.30. The number of hydrogen-bond acceptors (Lipinski definition) is 16. The van der Waals surface area contributed by atoms with Crippen molar-refractivity contribution in [3.63, 3.8) is 0 Å². The predicted octanol–water partition coefficient (Wildman–Crippen LogP) is 6.53. The Kier molecular flexibility index (Phi) is 15.6. The number of anilines is 1. The molecule has 74 heavy (non-hydrogen) atoms. The third kappa shape index (κ3) is 10.7. The first kappa shape index (κ1) is 50.4. The minimum Gasteiger partial charge on any atom is -0.448 e. The van der Waals surface area contributed by atoms with Gasteiger partial charge in [0.05, 0.1) is 6.54 Å². The van der Waals surface area contributed by atoms with Gasteiger partial charge in [0, 0.05) is 11.1 Å². The molecule has 7 aromatic rings. The first-order valence-corrected chi connectivity index (χ1v) is 25.6. The fourth-order valence-electron chi connectivity index (χ4n) is 8.51. The first-order chi connectivity index (χ1) is 36.1. The number of rotatable bonds is 19. The molecule has 0 bridgehead atoms. The van der Waals surface area contributed by atoms with Gasteiger partial charge < -0.3 is 30.7 Å². The van der Waals surface area contributed by atoms with Gasteiger partial charge in [0.1, 0.15) is 42.1 Å². The molecule has 21 heteroatoms. The largest absolute Gasteiger partial charge is 0.448 e. The van der Waals surface area contributed by atoms with Gasteiger partial charge in [0.15, 0.2) is 22.1 Å². The summed E-state index contributed by atoms with van der Waals surface area (Å²) < 4.78 is 12.1. The lowest BCUT2D eigenvalue weighted by Crippen LogP contribution is -2.71. The number of thioether (sulfide) groups is 2. The number of aromatic nitrogens is 4. The second-order valence-electron chi connectivity index (χ2n) is 16.4. The van der Waals surface area contributed by atoms with E-state index in [1.165, 1.54) is 40.5 Å². The Bertz CT molecular complexity index is 3240. The molecule has 0 spiro atoms. The van der Waals surface area contributed by atoms with Crippen LogP contribution in [0.5, 0.6) is 0 Å². The van der Waals surface area contributed by atoms with Crippen molar-refractivity contribution in [3.05, 3.63) is 234 Å². The van der Waals surface area contributed by atoms with E-state index in [9.17, 15) is 28.8 Å². The zero-order valence-corrected chi connectivity index (χ0v) is 41.7. The van der Waals surface area contributed by atoms with E-state index in [4.69, 9.17) is 25.0 Å². The Morgan fingerprint density at radius 2 is 1.43 bits per heavy atom. The Hall–Kier alpha value is -8.53. The molecule has 4 heterocycles. The fraction of sp³-hybridized carbons (Fsp3) is 0.151. The average molecular weight is 1050 g/mol. The number of oxime groups is 1. The van der Waals surface area contributed by atoms with Crippen LogP contribution in [0.2, 0.25) is 0 Å². The van der Waals surface area contributed by atoms with Crippen LogP contribution >= 0.6 is 34.9 Å². The van der Waals surface area contributed by atoms with Crippen molar-refractivity contribution >= 4 is 69.6 Å². The number of nitrogens with one attached hydrogen (secondary N) is 3. The van der Waals surface area contributed by atoms with Crippen LogP contribution in [0.1, 0.15) is 39.6 Å². The normalized spacial score (nSPS) is 15.6. The fourth-order valence-corrected chi connectivity index (χ4v) is 11.3. The number of esters is 1. The van der Waals surface area contributed by atoms with E-state index in [0.717, 1.165) is 33.0 Å². The molecule has 0 radical (unpaired) electrons. The van der Waals surface area contributed by atoms with Crippen LogP contribution < -0.4 is 27.5 Å². The summed E-state index contributed by atoms with van der Waals surface area (Å²) in [6.45, 7) is -0.535. The Morgan fingerprint density at radius 1 is 0.865 bits per heavy atom. The molecule has 3 amide bonds. The van der Waals surface area contributed by atoms with Gasteiger partial charge in [-0.05, 0) is 44.9 Å². The standard InChI is InChI=1S/C53H45N9O9S3/c1-69-60-40(39-32-74-51(55-39)57-53(36-21-11-4-12-22-36,37-23-13-5-14-24-37)38-25-15-6-16-26-38)44(63)56-41-46(65)62-42(49(67)71-43(33-17-7-2-8-18-33)34-19-9-3-10-20-34)35(31-73-48(41)62)27-30-72-52-59-58-45(64)47(66)61(52)28-29-70-50(54)68/h2-27,30,32,41,43,48H,28-29,31H2,1H3,(H2,54,68)(H,55,57)(H,56,63)(H,58,64). The number of aromatic amines is 1. The molecule has 0 aliphatic carbocycles. The number of thiazole rings is 1. The highest BCUT2D eigenvalue weighted by molar-refractivity contribution is 8.02. The van der Waals surface area contributed by atoms with E-state index in [-0.39, 0.29) is 41.2 Å². The van der Waals surface area contributed by atoms with Crippen LogP contribution in [0.15, 0.2) is 200 Å². The Morgan fingerprint density at radius 3 is 1.99 bits per heavy atom. The molecular weight excluding hydrogens is 1000 g/mol. The van der Waals surface area contributed by atoms with Crippen LogP contribution in [0, 0.1) is 0 Å². The van der Waals surface area contributed by atoms with Crippen molar-refractivity contribution in [1.82, 2.24) is 30.0 Å². The number of hydrogen-bond donors (Lipinski definition) is 4. The molecule has 18 nitrogen and oxygen atoms in total. The van der Waals surface area contributed by atoms with Crippen molar-refractivity contribution in [2.75, 3.05) is 24.8 Å². The Labute approximate surface area is 435 Å². The molecule has 2 unspecified atom stereocenters. The lowest BCUT2D eigenvalue weighted by Gasteiger charge is -2.49. The van der Waals surface area contributed by atoms with Gasteiger partial charge in [0.25, 0.3) is 11.8 Å². The number of benzene rings is 5. The number of carbonyl (C=O) groups excluding carboxylic acids is 4. The van der Waals surface area contributed by atoms with Crippen LogP contribution in [0.25, 0.3) is 0 Å². The number of allylic oxidation sites excluding steroid dienone is 1. The van der Waals surface area contributed by atoms with E-state index in [1.807, 2.05) is 152 Å². The number of primary amides is 1. The molecule has 2 aliphatic heterocycles. The predicted molar refractivity (Wildman–Crippen MR) is 281 cm³/mol. The van der Waals surface area contributed by atoms with E-state index >= 15 is 0 Å². The SMILES string of the molecule is CON=C(C(=O)NC1C(=O)N2C(C(=O)OC(c3ccccc3)c3ccccc3)=C(C=CSc3n[nH]c(=O)c(=O)n3CCOC(N)=O)CSC12)c1csc(NC(c2ccccc2)(c2ccccc2)c2ccccc2)n1. The summed E-state index contributed by atoms with van der Waals surface area (Å²) in [6.07, 6.45) is -0.361. The summed E-state index contributed by atoms with van der Waals surface area (Å²) in [4.78, 5) is 91.1. The summed E-state index contributed by atoms with van der Waals surface area (Å²) in [5.74, 6) is -2.00. The highest BCUT2D eigenvalue weighted by Gasteiger charge is 2.55. The number of fused-ring (bicyclic) bond motifs is 1. The van der Waals surface area contributed by atoms with Crippen LogP contribution in [0.4, 0.5) is 9.93 Å². The topological polar surface area (TPSA) is 242 Å². The van der Waals surface area contributed by atoms with Crippen molar-refractivity contribution in [3.8, 4) is 0 Å². The molecule has 374 valence electrons. The van der Waals surface area contributed by atoms with Crippen LogP contribution in [-0.2, 0) is 40.8 Å². The second kappa shape index (κ2) is 22.9. The van der Waals surface area contributed by atoms with E-state index in [1.54, 1.807) is 11.5 Å². The van der Waals surface area contributed by atoms with Gasteiger partial charge in [-0.15, -0.1) is 28.2 Å². The lowest BCUT2D eigenvalue weighted by molar-refractivity contribution is -0.154.